The first kappa shape index (κ1) is 18.1. The number of unbranched alkanes of at least 4 members (excludes halogenated alkanes) is 1. The maximum Gasteiger partial charge on any atom is 0.305 e. The smallest absolute Gasteiger partial charge is 0.305 e. The Bertz CT molecular complexity index is 337. The number of guanidine groups is 1. The topological polar surface area (TPSA) is 53.9 Å². The van der Waals surface area contributed by atoms with Crippen LogP contribution in [0, 0.1) is 0 Å². The van der Waals surface area contributed by atoms with Gasteiger partial charge in [-0.05, 0) is 26.2 Å². The lowest BCUT2D eigenvalue weighted by Crippen LogP contribution is -2.48. The largest absolute Gasteiger partial charge is 0.469 e. The first-order valence-electron chi connectivity index (χ1n) is 7.92. The number of aliphatic imine (C=N–C) groups is 1. The average Bonchev–Trinajstić information content (AvgIpc) is 2.53. The van der Waals surface area contributed by atoms with Crippen LogP contribution in [0.15, 0.2) is 4.99 Å². The van der Waals surface area contributed by atoms with Crippen LogP contribution in [0.5, 0.6) is 0 Å². The summed E-state index contributed by atoms with van der Waals surface area (Å²) in [6.45, 7) is 8.15. The molecule has 0 spiro atoms. The minimum Gasteiger partial charge on any atom is -0.469 e. The Morgan fingerprint density at radius 2 is 2.24 bits per heavy atom. The van der Waals surface area contributed by atoms with Gasteiger partial charge in [-0.2, -0.15) is 11.8 Å². The molecule has 1 N–H and O–H groups in total. The summed E-state index contributed by atoms with van der Waals surface area (Å²) in [5.41, 5.74) is 0. The highest BCUT2D eigenvalue weighted by atomic mass is 32.2. The van der Waals surface area contributed by atoms with Gasteiger partial charge < -0.3 is 15.0 Å². The van der Waals surface area contributed by atoms with Crippen LogP contribution in [-0.2, 0) is 9.53 Å². The summed E-state index contributed by atoms with van der Waals surface area (Å²) in [6, 6.07) is 0. The van der Waals surface area contributed by atoms with Crippen molar-refractivity contribution in [1.82, 2.24) is 10.2 Å². The lowest BCUT2D eigenvalue weighted by atomic mass is 10.2. The summed E-state index contributed by atoms with van der Waals surface area (Å²) < 4.78 is 4.64. The fourth-order valence-electron chi connectivity index (χ4n) is 2.25. The second kappa shape index (κ2) is 10.8. The van der Waals surface area contributed by atoms with Gasteiger partial charge in [0.2, 0.25) is 0 Å². The van der Waals surface area contributed by atoms with Crippen LogP contribution in [0.3, 0.4) is 0 Å². The maximum atomic E-state index is 11.0. The molecular weight excluding hydrogens is 286 g/mol. The molecule has 5 nitrogen and oxygen atoms in total. The van der Waals surface area contributed by atoms with Gasteiger partial charge in [-0.3, -0.25) is 9.79 Å². The molecule has 0 aromatic carbocycles. The number of hydrogen-bond donors (Lipinski definition) is 1. The third-order valence-electron chi connectivity index (χ3n) is 3.51. The number of hydrogen-bond acceptors (Lipinski definition) is 4. The van der Waals surface area contributed by atoms with Crippen LogP contribution >= 0.6 is 11.8 Å². The standard InChI is InChI=1S/C15H29N3O2S/c1-4-13-12-18(10-11-21-13)15(16-5-2)17-9-7-6-8-14(19)20-3/h13H,4-12H2,1-3H3,(H,16,17). The Balaban J connectivity index is 2.40. The van der Waals surface area contributed by atoms with E-state index >= 15 is 0 Å². The zero-order chi connectivity index (χ0) is 15.5. The number of nitrogens with one attached hydrogen (secondary N) is 1. The molecule has 1 rings (SSSR count). The second-order valence-corrected chi connectivity index (χ2v) is 6.52. The molecule has 1 heterocycles. The van der Waals surface area contributed by atoms with Crippen molar-refractivity contribution < 1.29 is 9.53 Å². The molecule has 1 saturated heterocycles. The van der Waals surface area contributed by atoms with E-state index in [0.717, 1.165) is 45.0 Å². The van der Waals surface area contributed by atoms with E-state index in [2.05, 4.69) is 40.6 Å². The van der Waals surface area contributed by atoms with Gasteiger partial charge in [0.05, 0.1) is 7.11 Å². The van der Waals surface area contributed by atoms with Crippen molar-refractivity contribution in [2.75, 3.05) is 39.0 Å². The monoisotopic (exact) mass is 315 g/mol. The number of esters is 1. The van der Waals surface area contributed by atoms with Gasteiger partial charge >= 0.3 is 5.97 Å². The van der Waals surface area contributed by atoms with Crippen molar-refractivity contribution in [3.63, 3.8) is 0 Å². The summed E-state index contributed by atoms with van der Waals surface area (Å²) in [5, 5.41) is 4.09. The number of rotatable bonds is 7. The van der Waals surface area contributed by atoms with Crippen molar-refractivity contribution in [1.29, 1.82) is 0 Å². The fraction of sp³-hybridized carbons (Fsp3) is 0.867. The number of thioether (sulfide) groups is 1. The van der Waals surface area contributed by atoms with Crippen LogP contribution in [0.25, 0.3) is 0 Å². The van der Waals surface area contributed by atoms with Crippen molar-refractivity contribution in [2.45, 2.75) is 44.8 Å². The summed E-state index contributed by atoms with van der Waals surface area (Å²) in [6.07, 6.45) is 3.45. The number of nitrogens with zero attached hydrogens (tertiary/aromatic N) is 2. The molecule has 0 saturated carbocycles. The van der Waals surface area contributed by atoms with Gasteiger partial charge in [-0.15, -0.1) is 0 Å². The number of methoxy groups -OCH3 is 1. The summed E-state index contributed by atoms with van der Waals surface area (Å²) in [5.74, 6) is 2.06. The van der Waals surface area contributed by atoms with Crippen LogP contribution in [0.2, 0.25) is 0 Å². The zero-order valence-corrected chi connectivity index (χ0v) is 14.4. The minimum atomic E-state index is -0.135. The Morgan fingerprint density at radius 3 is 2.90 bits per heavy atom. The Kier molecular flexibility index (Phi) is 9.30. The summed E-state index contributed by atoms with van der Waals surface area (Å²) in [4.78, 5) is 18.1. The average molecular weight is 315 g/mol. The zero-order valence-electron chi connectivity index (χ0n) is 13.6. The molecule has 0 aromatic heterocycles. The third-order valence-corrected chi connectivity index (χ3v) is 4.88. The Hall–Kier alpha value is -0.910. The second-order valence-electron chi connectivity index (χ2n) is 5.12. The fourth-order valence-corrected chi connectivity index (χ4v) is 3.43. The first-order chi connectivity index (χ1) is 10.2. The SMILES string of the molecule is CCNC(=NCCCCC(=O)OC)N1CCSC(CC)C1. The number of carbonyl (C=O) groups excluding carboxylic acids is 1. The highest BCUT2D eigenvalue weighted by Crippen LogP contribution is 2.21. The van der Waals surface area contributed by atoms with Gasteiger partial charge in [0.25, 0.3) is 0 Å². The van der Waals surface area contributed by atoms with Gasteiger partial charge in [0, 0.05) is 43.6 Å². The molecule has 0 bridgehead atoms. The maximum absolute atomic E-state index is 11.0. The van der Waals surface area contributed by atoms with Crippen molar-refractivity contribution in [3.05, 3.63) is 0 Å². The van der Waals surface area contributed by atoms with Crippen molar-refractivity contribution in [2.24, 2.45) is 4.99 Å². The van der Waals surface area contributed by atoms with Crippen LogP contribution in [-0.4, -0.2) is 61.1 Å². The lowest BCUT2D eigenvalue weighted by Gasteiger charge is -2.34. The van der Waals surface area contributed by atoms with E-state index in [-0.39, 0.29) is 5.97 Å². The minimum absolute atomic E-state index is 0.135. The van der Waals surface area contributed by atoms with Gasteiger partial charge in [0.15, 0.2) is 5.96 Å². The summed E-state index contributed by atoms with van der Waals surface area (Å²) >= 11 is 2.06. The van der Waals surface area contributed by atoms with E-state index in [1.165, 1.54) is 19.3 Å². The quantitative estimate of drug-likeness (QED) is 0.337. The van der Waals surface area contributed by atoms with E-state index in [1.807, 2.05) is 0 Å². The van der Waals surface area contributed by atoms with Crippen LogP contribution in [0.1, 0.15) is 39.5 Å². The molecule has 122 valence electrons. The first-order valence-corrected chi connectivity index (χ1v) is 8.97. The molecule has 1 aliphatic heterocycles. The van der Waals surface area contributed by atoms with E-state index in [9.17, 15) is 4.79 Å². The predicted octanol–water partition coefficient (Wildman–Crippen LogP) is 2.12. The molecule has 6 heteroatoms. The highest BCUT2D eigenvalue weighted by molar-refractivity contribution is 8.00. The van der Waals surface area contributed by atoms with E-state index < -0.39 is 0 Å². The predicted molar refractivity (Wildman–Crippen MR) is 90.0 cm³/mol. The Labute approximate surface area is 132 Å². The van der Waals surface area contributed by atoms with E-state index in [0.29, 0.717) is 11.7 Å². The third kappa shape index (κ3) is 7.07. The molecule has 0 aromatic rings. The normalized spacial score (nSPS) is 19.5. The molecule has 1 atom stereocenters. The van der Waals surface area contributed by atoms with Crippen LogP contribution < -0.4 is 5.32 Å². The Morgan fingerprint density at radius 1 is 1.43 bits per heavy atom. The van der Waals surface area contributed by atoms with Crippen molar-refractivity contribution >= 4 is 23.7 Å². The molecule has 0 radical (unpaired) electrons. The van der Waals surface area contributed by atoms with Crippen molar-refractivity contribution in [3.8, 4) is 0 Å². The van der Waals surface area contributed by atoms with Gasteiger partial charge in [0.1, 0.15) is 0 Å². The van der Waals surface area contributed by atoms with Crippen LogP contribution in [0.4, 0.5) is 0 Å². The molecule has 1 aliphatic rings. The molecule has 0 amide bonds. The highest BCUT2D eigenvalue weighted by Gasteiger charge is 2.21. The molecule has 1 unspecified atom stereocenters. The molecular formula is C15H29N3O2S. The van der Waals surface area contributed by atoms with E-state index in [1.54, 1.807) is 0 Å². The number of ether oxygens (including phenoxy) is 1. The van der Waals surface area contributed by atoms with Gasteiger partial charge in [-0.1, -0.05) is 6.92 Å². The van der Waals surface area contributed by atoms with E-state index in [4.69, 9.17) is 4.99 Å². The molecule has 21 heavy (non-hydrogen) atoms. The number of carbonyl (C=O) groups is 1. The molecule has 0 aliphatic carbocycles. The summed E-state index contributed by atoms with van der Waals surface area (Å²) in [7, 11) is 1.43. The van der Waals surface area contributed by atoms with Gasteiger partial charge in [-0.25, -0.2) is 0 Å². The molecule has 1 fully saturated rings. The lowest BCUT2D eigenvalue weighted by molar-refractivity contribution is -0.140.